The van der Waals surface area contributed by atoms with Crippen LogP contribution in [0.4, 0.5) is 0 Å². The van der Waals surface area contributed by atoms with Gasteiger partial charge in [-0.25, -0.2) is 0 Å². The summed E-state index contributed by atoms with van der Waals surface area (Å²) in [7, 11) is 0. The molecule has 0 aliphatic carbocycles. The number of hydrogen-bond acceptors (Lipinski definition) is 6. The Morgan fingerprint density at radius 2 is 2.30 bits per heavy atom. The van der Waals surface area contributed by atoms with Crippen LogP contribution in [-0.4, -0.2) is 38.7 Å². The summed E-state index contributed by atoms with van der Waals surface area (Å²) in [6.45, 7) is 2.55. The van der Waals surface area contributed by atoms with E-state index in [1.54, 1.807) is 11.3 Å². The molecule has 5 nitrogen and oxygen atoms in total. The Bertz CT molecular complexity index is 814. The fourth-order valence-electron chi connectivity index (χ4n) is 2.85. The third kappa shape index (κ3) is 2.99. The van der Waals surface area contributed by atoms with Gasteiger partial charge in [-0.15, -0.1) is 11.3 Å². The van der Waals surface area contributed by atoms with Crippen molar-refractivity contribution in [3.63, 3.8) is 0 Å². The first-order chi connectivity index (χ1) is 11.3. The number of carbonyl (C=O) groups is 1. The van der Waals surface area contributed by atoms with Crippen molar-refractivity contribution >= 4 is 39.1 Å². The lowest BCUT2D eigenvalue weighted by Crippen LogP contribution is -2.52. The van der Waals surface area contributed by atoms with Crippen LogP contribution in [0.25, 0.3) is 10.1 Å². The molecule has 0 bridgehead atoms. The predicted octanol–water partition coefficient (Wildman–Crippen LogP) is 2.76. The van der Waals surface area contributed by atoms with Gasteiger partial charge in [-0.2, -0.15) is 8.75 Å². The van der Waals surface area contributed by atoms with Crippen molar-refractivity contribution in [3.8, 4) is 0 Å². The molecule has 7 heteroatoms. The van der Waals surface area contributed by atoms with Gasteiger partial charge in [0.1, 0.15) is 0 Å². The molecule has 1 aromatic carbocycles. The van der Waals surface area contributed by atoms with Gasteiger partial charge in [-0.05, 0) is 12.5 Å². The van der Waals surface area contributed by atoms with E-state index in [1.807, 2.05) is 35.8 Å². The van der Waals surface area contributed by atoms with E-state index in [9.17, 15) is 4.79 Å². The van der Waals surface area contributed by atoms with Crippen molar-refractivity contribution in [1.29, 1.82) is 0 Å². The molecule has 2 aromatic heterocycles. The maximum absolute atomic E-state index is 12.4. The van der Waals surface area contributed by atoms with E-state index < -0.39 is 0 Å². The molecule has 1 unspecified atom stereocenters. The molecule has 1 fully saturated rings. The minimum atomic E-state index is 0.0182. The fraction of sp³-hybridized carbons (Fsp3) is 0.312. The summed E-state index contributed by atoms with van der Waals surface area (Å²) in [5, 5.41) is 6.06. The molecular formula is C16H16N4OS2. The van der Waals surface area contributed by atoms with Crippen LogP contribution >= 0.6 is 23.1 Å². The van der Waals surface area contributed by atoms with Crippen molar-refractivity contribution in [1.82, 2.24) is 19.0 Å². The van der Waals surface area contributed by atoms with Crippen molar-refractivity contribution in [2.75, 3.05) is 13.1 Å². The smallest absolute Gasteiger partial charge is 0.252 e. The first-order valence-electron chi connectivity index (χ1n) is 7.56. The summed E-state index contributed by atoms with van der Waals surface area (Å²) in [6.07, 6.45) is 2.93. The molecule has 4 rings (SSSR count). The Morgan fingerprint density at radius 3 is 3.09 bits per heavy atom. The van der Waals surface area contributed by atoms with Gasteiger partial charge in [0.2, 0.25) is 0 Å². The van der Waals surface area contributed by atoms with Gasteiger partial charge in [-0.1, -0.05) is 18.2 Å². The minimum absolute atomic E-state index is 0.0182. The number of amides is 1. The molecule has 1 aliphatic rings. The SMILES string of the molecule is O=C(NCC1CCN1Cc1cnsn1)c1csc2ccccc12. The molecular weight excluding hydrogens is 328 g/mol. The van der Waals surface area contributed by atoms with E-state index in [0.29, 0.717) is 12.6 Å². The average Bonchev–Trinajstić information content (AvgIpc) is 3.21. The van der Waals surface area contributed by atoms with Gasteiger partial charge >= 0.3 is 0 Å². The van der Waals surface area contributed by atoms with Crippen LogP contribution in [0.3, 0.4) is 0 Å². The second-order valence-corrected chi connectivity index (χ2v) is 7.14. The number of carbonyl (C=O) groups excluding carboxylic acids is 1. The standard InChI is InChI=1S/C16H16N4OS2/c21-16(14-10-22-15-4-2-1-3-13(14)15)17-8-12-5-6-20(12)9-11-7-18-23-19-11/h1-4,7,10,12H,5-6,8-9H2,(H,17,21). The monoisotopic (exact) mass is 344 g/mol. The normalized spacial score (nSPS) is 18.0. The molecule has 3 heterocycles. The van der Waals surface area contributed by atoms with E-state index >= 15 is 0 Å². The Morgan fingerprint density at radius 1 is 1.39 bits per heavy atom. The first kappa shape index (κ1) is 14.7. The number of benzene rings is 1. The summed E-state index contributed by atoms with van der Waals surface area (Å²) in [5.74, 6) is 0.0182. The largest absolute Gasteiger partial charge is 0.350 e. The molecule has 1 saturated heterocycles. The van der Waals surface area contributed by atoms with Crippen LogP contribution in [0.15, 0.2) is 35.8 Å². The minimum Gasteiger partial charge on any atom is -0.350 e. The van der Waals surface area contributed by atoms with Gasteiger partial charge < -0.3 is 5.32 Å². The van der Waals surface area contributed by atoms with Crippen LogP contribution in [0.5, 0.6) is 0 Å². The predicted molar refractivity (Wildman–Crippen MR) is 92.9 cm³/mol. The Balaban J connectivity index is 1.36. The molecule has 23 heavy (non-hydrogen) atoms. The lowest BCUT2D eigenvalue weighted by molar-refractivity contribution is 0.0725. The Labute approximate surface area is 142 Å². The van der Waals surface area contributed by atoms with Gasteiger partial charge in [0.05, 0.1) is 29.2 Å². The summed E-state index contributed by atoms with van der Waals surface area (Å²) in [6, 6.07) is 8.42. The van der Waals surface area contributed by atoms with Crippen LogP contribution < -0.4 is 5.32 Å². The second kappa shape index (κ2) is 6.35. The van der Waals surface area contributed by atoms with Crippen LogP contribution in [0, 0.1) is 0 Å². The Hall–Kier alpha value is -1.83. The lowest BCUT2D eigenvalue weighted by atomic mass is 10.0. The zero-order valence-corrected chi connectivity index (χ0v) is 14.1. The maximum atomic E-state index is 12.4. The third-order valence-electron chi connectivity index (χ3n) is 4.26. The number of nitrogens with one attached hydrogen (secondary N) is 1. The molecule has 3 aromatic rings. The van der Waals surface area contributed by atoms with E-state index in [0.717, 1.165) is 40.9 Å². The number of thiophene rings is 1. The molecule has 1 aliphatic heterocycles. The van der Waals surface area contributed by atoms with E-state index in [-0.39, 0.29) is 5.91 Å². The number of likely N-dealkylation sites (tertiary alicyclic amines) is 1. The van der Waals surface area contributed by atoms with Crippen LogP contribution in [-0.2, 0) is 6.54 Å². The summed E-state index contributed by atoms with van der Waals surface area (Å²) < 4.78 is 9.43. The molecule has 1 atom stereocenters. The molecule has 1 N–H and O–H groups in total. The number of hydrogen-bond donors (Lipinski definition) is 1. The lowest BCUT2D eigenvalue weighted by Gasteiger charge is -2.40. The summed E-state index contributed by atoms with van der Waals surface area (Å²) in [4.78, 5) is 14.8. The number of rotatable bonds is 5. The summed E-state index contributed by atoms with van der Waals surface area (Å²) in [5.41, 5.74) is 1.79. The van der Waals surface area contributed by atoms with Crippen molar-refractivity contribution in [2.24, 2.45) is 0 Å². The topological polar surface area (TPSA) is 58.1 Å². The van der Waals surface area contributed by atoms with Crippen molar-refractivity contribution in [3.05, 3.63) is 47.1 Å². The zero-order chi connectivity index (χ0) is 15.6. The van der Waals surface area contributed by atoms with E-state index in [2.05, 4.69) is 19.0 Å². The van der Waals surface area contributed by atoms with E-state index in [1.165, 1.54) is 11.7 Å². The van der Waals surface area contributed by atoms with Crippen LogP contribution in [0.2, 0.25) is 0 Å². The first-order valence-corrected chi connectivity index (χ1v) is 9.17. The van der Waals surface area contributed by atoms with Crippen LogP contribution in [0.1, 0.15) is 22.5 Å². The highest BCUT2D eigenvalue weighted by molar-refractivity contribution is 7.17. The number of aromatic nitrogens is 2. The van der Waals surface area contributed by atoms with E-state index in [4.69, 9.17) is 0 Å². The van der Waals surface area contributed by atoms with Crippen molar-refractivity contribution < 1.29 is 4.79 Å². The average molecular weight is 344 g/mol. The van der Waals surface area contributed by atoms with Gasteiger partial charge in [0.15, 0.2) is 0 Å². The quantitative estimate of drug-likeness (QED) is 0.773. The Kier molecular flexibility index (Phi) is 4.07. The number of fused-ring (bicyclic) bond motifs is 1. The third-order valence-corrected chi connectivity index (χ3v) is 5.74. The molecule has 0 saturated carbocycles. The molecule has 0 radical (unpaired) electrons. The summed E-state index contributed by atoms with van der Waals surface area (Å²) >= 11 is 2.85. The fourth-order valence-corrected chi connectivity index (χ4v) is 4.22. The zero-order valence-electron chi connectivity index (χ0n) is 12.4. The maximum Gasteiger partial charge on any atom is 0.252 e. The highest BCUT2D eigenvalue weighted by atomic mass is 32.1. The van der Waals surface area contributed by atoms with Crippen molar-refractivity contribution in [2.45, 2.75) is 19.0 Å². The van der Waals surface area contributed by atoms with Gasteiger partial charge in [0, 0.05) is 41.1 Å². The highest BCUT2D eigenvalue weighted by Gasteiger charge is 2.28. The number of nitrogens with zero attached hydrogens (tertiary/aromatic N) is 3. The highest BCUT2D eigenvalue weighted by Crippen LogP contribution is 2.25. The molecule has 118 valence electrons. The molecule has 1 amide bonds. The van der Waals surface area contributed by atoms with Gasteiger partial charge in [-0.3, -0.25) is 9.69 Å². The molecule has 0 spiro atoms. The van der Waals surface area contributed by atoms with Gasteiger partial charge in [0.25, 0.3) is 5.91 Å². The second-order valence-electron chi connectivity index (χ2n) is 5.67.